The van der Waals surface area contributed by atoms with Crippen LogP contribution in [0.2, 0.25) is 0 Å². The van der Waals surface area contributed by atoms with Crippen molar-refractivity contribution >= 4 is 46.0 Å². The monoisotopic (exact) mass is 683 g/mol. The van der Waals surface area contributed by atoms with Crippen molar-refractivity contribution in [1.29, 1.82) is 0 Å². The van der Waals surface area contributed by atoms with Crippen molar-refractivity contribution < 1.29 is 19.0 Å². The summed E-state index contributed by atoms with van der Waals surface area (Å²) in [6.45, 7) is 7.82. The Bertz CT molecular complexity index is 1860. The van der Waals surface area contributed by atoms with E-state index in [1.165, 1.54) is 11.3 Å². The van der Waals surface area contributed by atoms with E-state index in [1.54, 1.807) is 44.8 Å². The van der Waals surface area contributed by atoms with Gasteiger partial charge in [-0.05, 0) is 110 Å². The van der Waals surface area contributed by atoms with Gasteiger partial charge in [0, 0.05) is 20.6 Å². The Morgan fingerprint density at radius 3 is 2.41 bits per heavy atom. The second-order valence-corrected chi connectivity index (χ2v) is 11.8. The molecule has 0 saturated carbocycles. The van der Waals surface area contributed by atoms with Crippen molar-refractivity contribution in [2.45, 2.75) is 33.7 Å². The van der Waals surface area contributed by atoms with E-state index in [2.05, 4.69) is 69.4 Å². The van der Waals surface area contributed by atoms with Crippen molar-refractivity contribution in [3.8, 4) is 17.2 Å². The van der Waals surface area contributed by atoms with E-state index in [0.29, 0.717) is 37.7 Å². The molecule has 0 fully saturated rings. The van der Waals surface area contributed by atoms with Crippen molar-refractivity contribution in [3.63, 3.8) is 0 Å². The number of aromatic nitrogens is 2. The van der Waals surface area contributed by atoms with Crippen molar-refractivity contribution in [3.05, 3.63) is 106 Å². The number of allylic oxidation sites excluding steroid dienone is 1. The third-order valence-electron chi connectivity index (χ3n) is 7.08. The predicted molar refractivity (Wildman–Crippen MR) is 168 cm³/mol. The van der Waals surface area contributed by atoms with E-state index >= 15 is 0 Å². The zero-order valence-corrected chi connectivity index (χ0v) is 26.6. The highest BCUT2D eigenvalue weighted by Gasteiger charge is 2.34. The van der Waals surface area contributed by atoms with Crippen LogP contribution in [0.15, 0.2) is 69.6 Å². The van der Waals surface area contributed by atoms with E-state index in [0.717, 1.165) is 26.2 Å². The molecule has 8 nitrogen and oxygen atoms in total. The number of thiazole rings is 1. The van der Waals surface area contributed by atoms with Gasteiger partial charge in [-0.3, -0.25) is 9.36 Å². The Hall–Kier alpha value is -3.64. The van der Waals surface area contributed by atoms with Gasteiger partial charge in [0.15, 0.2) is 16.3 Å². The standard InChI is InChI=1S/C31H30IN3O5S/c1-7-40-30(37)27-18(3)33-31-35(28(27)20-8-13-24(38-5)25(15-20)39-6)29(36)26(41-31)16-21-14-17(2)34(19(21)4)23-11-9-22(32)10-12-23/h8-16,28H,7H2,1-6H3/b26-16-/t28-/m0/s1. The lowest BCUT2D eigenvalue weighted by molar-refractivity contribution is -0.139. The summed E-state index contributed by atoms with van der Waals surface area (Å²) in [5.74, 6) is 0.530. The van der Waals surface area contributed by atoms with Crippen LogP contribution >= 0.6 is 33.9 Å². The average molecular weight is 684 g/mol. The van der Waals surface area contributed by atoms with Crippen LogP contribution < -0.4 is 24.4 Å². The number of hydrogen-bond donors (Lipinski definition) is 0. The minimum atomic E-state index is -0.744. The third-order valence-corrected chi connectivity index (χ3v) is 8.78. The van der Waals surface area contributed by atoms with Crippen LogP contribution in [0.1, 0.15) is 42.4 Å². The molecule has 0 saturated heterocycles. The number of nitrogens with zero attached hydrogens (tertiary/aromatic N) is 3. The second kappa shape index (κ2) is 11.7. The molecule has 2 aromatic heterocycles. The highest BCUT2D eigenvalue weighted by molar-refractivity contribution is 14.1. The van der Waals surface area contributed by atoms with Gasteiger partial charge in [0.2, 0.25) is 0 Å². The summed E-state index contributed by atoms with van der Waals surface area (Å²) < 4.78 is 21.8. The number of fused-ring (bicyclic) bond motifs is 1. The van der Waals surface area contributed by atoms with E-state index in [9.17, 15) is 9.59 Å². The van der Waals surface area contributed by atoms with Crippen molar-refractivity contribution in [2.75, 3.05) is 20.8 Å². The van der Waals surface area contributed by atoms with Gasteiger partial charge in [-0.2, -0.15) is 0 Å². The van der Waals surface area contributed by atoms with Crippen LogP contribution in [0.3, 0.4) is 0 Å². The van der Waals surface area contributed by atoms with Gasteiger partial charge in [-0.25, -0.2) is 9.79 Å². The highest BCUT2D eigenvalue weighted by atomic mass is 127. The van der Waals surface area contributed by atoms with Crippen LogP contribution in [0.5, 0.6) is 11.5 Å². The zero-order valence-electron chi connectivity index (χ0n) is 23.6. The Labute approximate surface area is 255 Å². The molecule has 0 bridgehead atoms. The normalized spacial score (nSPS) is 15.0. The van der Waals surface area contributed by atoms with Crippen LogP contribution in [-0.4, -0.2) is 35.9 Å². The van der Waals surface area contributed by atoms with Gasteiger partial charge in [-0.15, -0.1) is 0 Å². The molecular weight excluding hydrogens is 653 g/mol. The maximum absolute atomic E-state index is 14.1. The lowest BCUT2D eigenvalue weighted by Crippen LogP contribution is -2.40. The van der Waals surface area contributed by atoms with Gasteiger partial charge < -0.3 is 18.8 Å². The van der Waals surface area contributed by atoms with Crippen molar-refractivity contribution in [2.24, 2.45) is 4.99 Å². The third kappa shape index (κ3) is 5.26. The van der Waals surface area contributed by atoms with Gasteiger partial charge in [0.1, 0.15) is 0 Å². The highest BCUT2D eigenvalue weighted by Crippen LogP contribution is 2.36. The molecule has 0 aliphatic carbocycles. The average Bonchev–Trinajstić information content (AvgIpc) is 3.41. The number of hydrogen-bond acceptors (Lipinski definition) is 7. The maximum Gasteiger partial charge on any atom is 0.338 e. The summed E-state index contributed by atoms with van der Waals surface area (Å²) in [4.78, 5) is 32.5. The van der Waals surface area contributed by atoms with Gasteiger partial charge in [0.25, 0.3) is 5.56 Å². The Kier molecular flexibility index (Phi) is 8.23. The summed E-state index contributed by atoms with van der Waals surface area (Å²) in [6.07, 6.45) is 1.91. The summed E-state index contributed by atoms with van der Waals surface area (Å²) in [5, 5.41) is 0. The number of rotatable bonds is 7. The molecule has 0 unspecified atom stereocenters. The van der Waals surface area contributed by atoms with Gasteiger partial charge >= 0.3 is 5.97 Å². The van der Waals surface area contributed by atoms with Crippen molar-refractivity contribution in [1.82, 2.24) is 9.13 Å². The van der Waals surface area contributed by atoms with E-state index < -0.39 is 12.0 Å². The summed E-state index contributed by atoms with van der Waals surface area (Å²) in [7, 11) is 3.11. The largest absolute Gasteiger partial charge is 0.493 e. The zero-order chi connectivity index (χ0) is 29.4. The minimum Gasteiger partial charge on any atom is -0.493 e. The minimum absolute atomic E-state index is 0.203. The number of halogens is 1. The first-order valence-electron chi connectivity index (χ1n) is 13.0. The number of methoxy groups -OCH3 is 2. The SMILES string of the molecule is CCOC(=O)C1=C(C)N=c2s/c(=C\c3cc(C)n(-c4ccc(I)cc4)c3C)c(=O)n2[C@H]1c1ccc(OC)c(OC)c1. The summed E-state index contributed by atoms with van der Waals surface area (Å²) in [5.41, 5.74) is 5.36. The van der Waals surface area contributed by atoms with Crippen LogP contribution in [0, 0.1) is 17.4 Å². The number of benzene rings is 2. The van der Waals surface area contributed by atoms with E-state index in [-0.39, 0.29) is 12.2 Å². The smallest absolute Gasteiger partial charge is 0.338 e. The fourth-order valence-corrected chi connectivity index (χ4v) is 6.59. The molecular formula is C31H30IN3O5S. The molecule has 2 aromatic carbocycles. The molecule has 10 heteroatoms. The molecule has 5 rings (SSSR count). The Morgan fingerprint density at radius 2 is 1.76 bits per heavy atom. The second-order valence-electron chi connectivity index (χ2n) is 9.55. The first kappa shape index (κ1) is 28.9. The molecule has 0 N–H and O–H groups in total. The molecule has 212 valence electrons. The number of carbonyl (C=O) groups is 1. The Morgan fingerprint density at radius 1 is 1.05 bits per heavy atom. The van der Waals surface area contributed by atoms with Crippen LogP contribution in [0.25, 0.3) is 11.8 Å². The molecule has 1 atom stereocenters. The first-order chi connectivity index (χ1) is 19.7. The molecule has 3 heterocycles. The van der Waals surface area contributed by atoms with Gasteiger partial charge in [-0.1, -0.05) is 17.4 Å². The molecule has 0 spiro atoms. The number of carbonyl (C=O) groups excluding carboxylic acids is 1. The predicted octanol–water partition coefficient (Wildman–Crippen LogP) is 4.83. The molecule has 41 heavy (non-hydrogen) atoms. The fraction of sp³-hybridized carbons (Fsp3) is 0.258. The maximum atomic E-state index is 14.1. The summed E-state index contributed by atoms with van der Waals surface area (Å²) in [6, 6.07) is 15.0. The van der Waals surface area contributed by atoms with Crippen LogP contribution in [0.4, 0.5) is 0 Å². The quantitative estimate of drug-likeness (QED) is 0.206. The van der Waals surface area contributed by atoms with Gasteiger partial charge in [0.05, 0.1) is 42.7 Å². The summed E-state index contributed by atoms with van der Waals surface area (Å²) >= 11 is 3.59. The fourth-order valence-electron chi connectivity index (χ4n) is 5.19. The Balaban J connectivity index is 1.70. The molecule has 0 radical (unpaired) electrons. The first-order valence-corrected chi connectivity index (χ1v) is 14.9. The van der Waals surface area contributed by atoms with Crippen LogP contribution in [-0.2, 0) is 9.53 Å². The molecule has 0 amide bonds. The number of aryl methyl sites for hydroxylation is 1. The topological polar surface area (TPSA) is 84.1 Å². The number of ether oxygens (including phenoxy) is 3. The molecule has 1 aliphatic heterocycles. The lowest BCUT2D eigenvalue weighted by atomic mass is 9.95. The lowest BCUT2D eigenvalue weighted by Gasteiger charge is -2.25. The van der Waals surface area contributed by atoms with E-state index in [1.807, 2.05) is 19.1 Å². The van der Waals surface area contributed by atoms with E-state index in [4.69, 9.17) is 14.2 Å². The molecule has 4 aromatic rings. The molecule has 1 aliphatic rings. The number of esters is 1.